The van der Waals surface area contributed by atoms with Crippen molar-refractivity contribution in [3.63, 3.8) is 0 Å². The van der Waals surface area contributed by atoms with Crippen LogP contribution >= 0.6 is 11.8 Å². The Hall–Kier alpha value is -3.25. The molecule has 0 unspecified atom stereocenters. The molecule has 0 saturated carbocycles. The van der Waals surface area contributed by atoms with Crippen LogP contribution in [0, 0.1) is 0 Å². The predicted molar refractivity (Wildman–Crippen MR) is 134 cm³/mol. The van der Waals surface area contributed by atoms with Gasteiger partial charge < -0.3 is 15.1 Å². The highest BCUT2D eigenvalue weighted by Crippen LogP contribution is 2.39. The molecule has 5 rings (SSSR count). The molecule has 1 N–H and O–H groups in total. The first-order chi connectivity index (χ1) is 16.2. The number of anilines is 2. The third kappa shape index (κ3) is 4.91. The summed E-state index contributed by atoms with van der Waals surface area (Å²) >= 11 is 1.63. The molecular formula is C27H27N3O2S. The Kier molecular flexibility index (Phi) is 6.35. The van der Waals surface area contributed by atoms with Crippen molar-refractivity contribution in [3.8, 4) is 0 Å². The Morgan fingerprint density at radius 2 is 1.61 bits per heavy atom. The standard InChI is InChI=1S/C27H27N3O2S/c31-25-19-33-27(30(25)18-20-6-2-1-3-7-20)22-10-8-21(9-11-22)26(32)28-23-12-14-24(15-13-23)29-16-4-5-17-29/h1-3,6-15,27H,4-5,16-19H2,(H,28,32)/t27-/m1/s1. The van der Waals surface area contributed by atoms with Gasteiger partial charge in [-0.3, -0.25) is 9.59 Å². The number of rotatable bonds is 6. The largest absolute Gasteiger partial charge is 0.372 e. The smallest absolute Gasteiger partial charge is 0.255 e. The lowest BCUT2D eigenvalue weighted by Crippen LogP contribution is -2.27. The van der Waals surface area contributed by atoms with E-state index in [4.69, 9.17) is 0 Å². The molecule has 2 fully saturated rings. The van der Waals surface area contributed by atoms with Crippen molar-refractivity contribution in [2.75, 3.05) is 29.1 Å². The molecule has 168 valence electrons. The van der Waals surface area contributed by atoms with E-state index >= 15 is 0 Å². The van der Waals surface area contributed by atoms with Crippen LogP contribution in [0.5, 0.6) is 0 Å². The van der Waals surface area contributed by atoms with Gasteiger partial charge in [0.15, 0.2) is 0 Å². The topological polar surface area (TPSA) is 52.7 Å². The zero-order valence-electron chi connectivity index (χ0n) is 18.4. The van der Waals surface area contributed by atoms with Crippen LogP contribution in [-0.2, 0) is 11.3 Å². The number of nitrogens with one attached hydrogen (secondary N) is 1. The van der Waals surface area contributed by atoms with Crippen LogP contribution < -0.4 is 10.2 Å². The molecule has 6 heteroatoms. The molecule has 1 atom stereocenters. The van der Waals surface area contributed by atoms with Crippen molar-refractivity contribution in [2.24, 2.45) is 0 Å². The van der Waals surface area contributed by atoms with Crippen LogP contribution in [0.1, 0.15) is 39.7 Å². The number of hydrogen-bond acceptors (Lipinski definition) is 4. The molecule has 0 spiro atoms. The van der Waals surface area contributed by atoms with Crippen molar-refractivity contribution < 1.29 is 9.59 Å². The number of thioether (sulfide) groups is 1. The van der Waals surface area contributed by atoms with Crippen molar-refractivity contribution in [3.05, 3.63) is 95.6 Å². The summed E-state index contributed by atoms with van der Waals surface area (Å²) in [4.78, 5) is 29.5. The van der Waals surface area contributed by atoms with Crippen LogP contribution in [0.25, 0.3) is 0 Å². The quantitative estimate of drug-likeness (QED) is 0.545. The molecule has 2 aliphatic heterocycles. The average Bonchev–Trinajstić information content (AvgIpc) is 3.51. The molecule has 2 heterocycles. The summed E-state index contributed by atoms with van der Waals surface area (Å²) < 4.78 is 0. The van der Waals surface area contributed by atoms with E-state index in [-0.39, 0.29) is 17.2 Å². The van der Waals surface area contributed by atoms with E-state index in [2.05, 4.69) is 22.3 Å². The third-order valence-corrected chi connectivity index (χ3v) is 7.47. The van der Waals surface area contributed by atoms with Crippen molar-refractivity contribution in [1.29, 1.82) is 0 Å². The maximum absolute atomic E-state index is 12.8. The lowest BCUT2D eigenvalue weighted by molar-refractivity contribution is -0.128. The molecule has 2 amide bonds. The van der Waals surface area contributed by atoms with Crippen molar-refractivity contribution in [1.82, 2.24) is 4.90 Å². The van der Waals surface area contributed by atoms with Gasteiger partial charge in [0.25, 0.3) is 5.91 Å². The maximum atomic E-state index is 12.8. The van der Waals surface area contributed by atoms with Gasteiger partial charge in [-0.2, -0.15) is 0 Å². The molecule has 3 aromatic carbocycles. The zero-order chi connectivity index (χ0) is 22.6. The molecular weight excluding hydrogens is 430 g/mol. The van der Waals surface area contributed by atoms with Gasteiger partial charge in [0, 0.05) is 36.6 Å². The van der Waals surface area contributed by atoms with Gasteiger partial charge in [-0.15, -0.1) is 11.8 Å². The highest BCUT2D eigenvalue weighted by Gasteiger charge is 2.32. The lowest BCUT2D eigenvalue weighted by Gasteiger charge is -2.24. The molecule has 33 heavy (non-hydrogen) atoms. The summed E-state index contributed by atoms with van der Waals surface area (Å²) in [5, 5.41) is 2.95. The second kappa shape index (κ2) is 9.71. The van der Waals surface area contributed by atoms with E-state index in [0.717, 1.165) is 29.9 Å². The number of carbonyl (C=O) groups is 2. The summed E-state index contributed by atoms with van der Waals surface area (Å²) in [6.45, 7) is 2.80. The Morgan fingerprint density at radius 3 is 2.30 bits per heavy atom. The number of carbonyl (C=O) groups excluding carboxylic acids is 2. The first kappa shape index (κ1) is 21.6. The second-order valence-electron chi connectivity index (χ2n) is 8.49. The molecule has 0 aliphatic carbocycles. The molecule has 2 saturated heterocycles. The molecule has 0 aromatic heterocycles. The fourth-order valence-electron chi connectivity index (χ4n) is 4.41. The minimum absolute atomic E-state index is 0.0343. The van der Waals surface area contributed by atoms with E-state index in [0.29, 0.717) is 17.9 Å². The van der Waals surface area contributed by atoms with Gasteiger partial charge in [0.2, 0.25) is 5.91 Å². The molecule has 5 nitrogen and oxygen atoms in total. The summed E-state index contributed by atoms with van der Waals surface area (Å²) in [5.41, 5.74) is 4.75. The van der Waals surface area contributed by atoms with Crippen LogP contribution in [0.3, 0.4) is 0 Å². The number of benzene rings is 3. The average molecular weight is 458 g/mol. The first-order valence-corrected chi connectivity index (χ1v) is 12.4. The number of amides is 2. The van der Waals surface area contributed by atoms with Gasteiger partial charge >= 0.3 is 0 Å². The fourth-order valence-corrected chi connectivity index (χ4v) is 5.60. The SMILES string of the molecule is O=C(Nc1ccc(N2CCCC2)cc1)c1ccc([C@H]2SCC(=O)N2Cc2ccccc2)cc1. The Bertz CT molecular complexity index is 1110. The van der Waals surface area contributed by atoms with Gasteiger partial charge in [0.05, 0.1) is 5.75 Å². The van der Waals surface area contributed by atoms with Crippen molar-refractivity contribution >= 4 is 35.0 Å². The minimum atomic E-state index is -0.133. The van der Waals surface area contributed by atoms with Gasteiger partial charge in [-0.05, 0) is 60.4 Å². The van der Waals surface area contributed by atoms with Crippen LogP contribution in [0.4, 0.5) is 11.4 Å². The number of nitrogens with zero attached hydrogens (tertiary/aromatic N) is 2. The summed E-state index contributed by atoms with van der Waals surface area (Å²) in [5.74, 6) is 0.493. The lowest BCUT2D eigenvalue weighted by atomic mass is 10.1. The van der Waals surface area contributed by atoms with Gasteiger partial charge in [-0.1, -0.05) is 42.5 Å². The van der Waals surface area contributed by atoms with Crippen LogP contribution in [-0.4, -0.2) is 35.6 Å². The normalized spacial score (nSPS) is 18.1. The molecule has 3 aromatic rings. The Labute approximate surface area is 198 Å². The molecule has 0 radical (unpaired) electrons. The van der Waals surface area contributed by atoms with Crippen LogP contribution in [0.15, 0.2) is 78.9 Å². The minimum Gasteiger partial charge on any atom is -0.372 e. The van der Waals surface area contributed by atoms with E-state index in [9.17, 15) is 9.59 Å². The molecule has 2 aliphatic rings. The Morgan fingerprint density at radius 1 is 0.909 bits per heavy atom. The van der Waals surface area contributed by atoms with Gasteiger partial charge in [-0.25, -0.2) is 0 Å². The maximum Gasteiger partial charge on any atom is 0.255 e. The third-order valence-electron chi connectivity index (χ3n) is 6.22. The predicted octanol–water partition coefficient (Wildman–Crippen LogP) is 5.31. The summed E-state index contributed by atoms with van der Waals surface area (Å²) in [7, 11) is 0. The second-order valence-corrected chi connectivity index (χ2v) is 9.56. The van der Waals surface area contributed by atoms with E-state index in [1.54, 1.807) is 11.8 Å². The summed E-state index contributed by atoms with van der Waals surface area (Å²) in [6.07, 6.45) is 2.48. The van der Waals surface area contributed by atoms with Crippen molar-refractivity contribution in [2.45, 2.75) is 24.8 Å². The monoisotopic (exact) mass is 457 g/mol. The van der Waals surface area contributed by atoms with Gasteiger partial charge in [0.1, 0.15) is 5.37 Å². The van der Waals surface area contributed by atoms with E-state index in [1.165, 1.54) is 18.5 Å². The van der Waals surface area contributed by atoms with E-state index < -0.39 is 0 Å². The highest BCUT2D eigenvalue weighted by atomic mass is 32.2. The highest BCUT2D eigenvalue weighted by molar-refractivity contribution is 8.00. The van der Waals surface area contributed by atoms with E-state index in [1.807, 2.05) is 71.6 Å². The fraction of sp³-hybridized carbons (Fsp3) is 0.259. The van der Waals surface area contributed by atoms with Crippen LogP contribution in [0.2, 0.25) is 0 Å². The summed E-state index contributed by atoms with van der Waals surface area (Å²) in [6, 6.07) is 25.7. The first-order valence-electron chi connectivity index (χ1n) is 11.4. The molecule has 0 bridgehead atoms. The zero-order valence-corrected chi connectivity index (χ0v) is 19.3. The number of hydrogen-bond donors (Lipinski definition) is 1. The Balaban J connectivity index is 1.24.